The standard InChI is InChI=1S/C29H24O4S3/c1-17-12-25(21-8-4-2-6-18(21)15-30)35-28(17)23-10-11-24(34-23)29-20(14-27(32)33)13-26(36-29)22-9-5-3-7-19(22)16-31/h2-13,30-31H,14-16H2,1H3,(H,32,33). The van der Waals surface area contributed by atoms with Crippen molar-refractivity contribution < 1.29 is 20.1 Å². The van der Waals surface area contributed by atoms with E-state index in [1.54, 1.807) is 34.0 Å². The zero-order valence-corrected chi connectivity index (χ0v) is 22.0. The summed E-state index contributed by atoms with van der Waals surface area (Å²) in [5.41, 5.74) is 5.66. The molecule has 0 unspecified atom stereocenters. The number of aliphatic hydroxyl groups excluding tert-OH is 2. The van der Waals surface area contributed by atoms with Gasteiger partial charge in [-0.25, -0.2) is 0 Å². The van der Waals surface area contributed by atoms with Gasteiger partial charge in [-0.2, -0.15) is 0 Å². The third kappa shape index (κ3) is 4.81. The SMILES string of the molecule is Cc1cc(-c2ccccc2CO)sc1-c1ccc(-c2sc(-c3ccccc3CO)cc2CC(=O)O)s1. The second kappa shape index (κ2) is 10.5. The lowest BCUT2D eigenvalue weighted by Crippen LogP contribution is -1.99. The van der Waals surface area contributed by atoms with Crippen molar-refractivity contribution in [3.05, 3.63) is 95.1 Å². The van der Waals surface area contributed by atoms with Gasteiger partial charge in [0.1, 0.15) is 0 Å². The highest BCUT2D eigenvalue weighted by Crippen LogP contribution is 2.47. The molecule has 2 aromatic carbocycles. The fraction of sp³-hybridized carbons (Fsp3) is 0.138. The Labute approximate surface area is 221 Å². The zero-order valence-electron chi connectivity index (χ0n) is 19.5. The molecule has 3 heterocycles. The molecule has 182 valence electrons. The number of carbonyl (C=O) groups is 1. The third-order valence-electron chi connectivity index (χ3n) is 6.03. The summed E-state index contributed by atoms with van der Waals surface area (Å²) < 4.78 is 0. The maximum Gasteiger partial charge on any atom is 0.307 e. The molecule has 3 aromatic heterocycles. The van der Waals surface area contributed by atoms with Crippen molar-refractivity contribution in [2.75, 3.05) is 0 Å². The van der Waals surface area contributed by atoms with Gasteiger partial charge >= 0.3 is 5.97 Å². The van der Waals surface area contributed by atoms with Gasteiger partial charge in [0.15, 0.2) is 0 Å². The van der Waals surface area contributed by atoms with E-state index >= 15 is 0 Å². The van der Waals surface area contributed by atoms with Crippen LogP contribution in [0.3, 0.4) is 0 Å². The van der Waals surface area contributed by atoms with Gasteiger partial charge < -0.3 is 15.3 Å². The molecule has 3 N–H and O–H groups in total. The minimum Gasteiger partial charge on any atom is -0.481 e. The molecular weight excluding hydrogens is 509 g/mol. The van der Waals surface area contributed by atoms with Crippen molar-refractivity contribution in [2.24, 2.45) is 0 Å². The van der Waals surface area contributed by atoms with Crippen LogP contribution in [-0.2, 0) is 24.4 Å². The number of rotatable bonds is 8. The van der Waals surface area contributed by atoms with E-state index < -0.39 is 5.97 Å². The topological polar surface area (TPSA) is 77.8 Å². The molecule has 0 atom stereocenters. The van der Waals surface area contributed by atoms with Gasteiger partial charge in [0.05, 0.1) is 19.6 Å². The minimum absolute atomic E-state index is 0.00191. The maximum atomic E-state index is 11.6. The van der Waals surface area contributed by atoms with Crippen LogP contribution < -0.4 is 0 Å². The third-order valence-corrected chi connectivity index (χ3v) is 9.95. The predicted molar refractivity (Wildman–Crippen MR) is 150 cm³/mol. The van der Waals surface area contributed by atoms with E-state index in [-0.39, 0.29) is 19.6 Å². The van der Waals surface area contributed by atoms with Gasteiger partial charge in [0, 0.05) is 29.3 Å². The molecule has 0 bridgehead atoms. The van der Waals surface area contributed by atoms with E-state index in [0.717, 1.165) is 52.2 Å². The summed E-state index contributed by atoms with van der Waals surface area (Å²) in [6.07, 6.45) is -0.0551. The van der Waals surface area contributed by atoms with Crippen molar-refractivity contribution in [1.29, 1.82) is 0 Å². The van der Waals surface area contributed by atoms with E-state index in [2.05, 4.69) is 25.1 Å². The molecule has 7 heteroatoms. The first-order valence-corrected chi connectivity index (χ1v) is 13.9. The summed E-state index contributed by atoms with van der Waals surface area (Å²) >= 11 is 4.94. The highest BCUT2D eigenvalue weighted by Gasteiger charge is 2.19. The van der Waals surface area contributed by atoms with E-state index in [4.69, 9.17) is 0 Å². The lowest BCUT2D eigenvalue weighted by molar-refractivity contribution is -0.136. The Balaban J connectivity index is 1.54. The summed E-state index contributed by atoms with van der Waals surface area (Å²) in [4.78, 5) is 18.0. The Bertz CT molecular complexity index is 1540. The first kappa shape index (κ1) is 24.6. The van der Waals surface area contributed by atoms with Gasteiger partial charge in [-0.15, -0.1) is 34.0 Å². The monoisotopic (exact) mass is 532 g/mol. The molecule has 5 aromatic rings. The second-order valence-electron chi connectivity index (χ2n) is 8.45. The number of carboxylic acid groups (broad SMARTS) is 1. The minimum atomic E-state index is -0.867. The van der Waals surface area contributed by atoms with Crippen molar-refractivity contribution in [3.8, 4) is 40.4 Å². The Morgan fingerprint density at radius 1 is 0.667 bits per heavy atom. The Morgan fingerprint density at radius 2 is 1.19 bits per heavy atom. The van der Waals surface area contributed by atoms with Gasteiger partial charge in [0.2, 0.25) is 0 Å². The van der Waals surface area contributed by atoms with Crippen LogP contribution >= 0.6 is 34.0 Å². The van der Waals surface area contributed by atoms with Crippen LogP contribution in [0.1, 0.15) is 22.3 Å². The number of aliphatic carboxylic acids is 1. The average Bonchev–Trinajstić information content (AvgIpc) is 3.62. The lowest BCUT2D eigenvalue weighted by Gasteiger charge is -2.04. The molecule has 0 radical (unpaired) electrons. The molecule has 0 spiro atoms. The Kier molecular flexibility index (Phi) is 7.18. The first-order valence-electron chi connectivity index (χ1n) is 11.4. The molecule has 0 fully saturated rings. The van der Waals surface area contributed by atoms with Gasteiger partial charge in [-0.3, -0.25) is 4.79 Å². The van der Waals surface area contributed by atoms with Gasteiger partial charge in [0.25, 0.3) is 0 Å². The number of aryl methyl sites for hydroxylation is 1. The van der Waals surface area contributed by atoms with Gasteiger partial charge in [-0.05, 0) is 64.6 Å². The Hall–Kier alpha value is -3.07. The number of benzene rings is 2. The molecular formula is C29H24O4S3. The van der Waals surface area contributed by atoms with E-state index in [0.29, 0.717) is 0 Å². The van der Waals surface area contributed by atoms with Crippen molar-refractivity contribution in [3.63, 3.8) is 0 Å². The molecule has 0 aliphatic rings. The average molecular weight is 533 g/mol. The highest BCUT2D eigenvalue weighted by atomic mass is 32.1. The van der Waals surface area contributed by atoms with E-state index in [1.165, 1.54) is 10.4 Å². The molecule has 5 rings (SSSR count). The summed E-state index contributed by atoms with van der Waals surface area (Å²) in [7, 11) is 0. The van der Waals surface area contributed by atoms with Crippen LogP contribution in [0.25, 0.3) is 40.4 Å². The quantitative estimate of drug-likeness (QED) is 0.194. The van der Waals surface area contributed by atoms with Crippen LogP contribution in [0.2, 0.25) is 0 Å². The molecule has 0 saturated heterocycles. The largest absolute Gasteiger partial charge is 0.481 e. The molecule has 0 amide bonds. The highest BCUT2D eigenvalue weighted by molar-refractivity contribution is 7.28. The summed E-state index contributed by atoms with van der Waals surface area (Å²) in [5, 5.41) is 29.1. The second-order valence-corrected chi connectivity index (χ2v) is 11.6. The van der Waals surface area contributed by atoms with Gasteiger partial charge in [-0.1, -0.05) is 48.5 Å². The maximum absolute atomic E-state index is 11.6. The number of thiophene rings is 3. The normalized spacial score (nSPS) is 11.2. The van der Waals surface area contributed by atoms with Crippen LogP contribution in [0.15, 0.2) is 72.8 Å². The predicted octanol–water partition coefficient (Wildman–Crippen LogP) is 7.46. The zero-order chi connectivity index (χ0) is 25.2. The first-order chi connectivity index (χ1) is 17.5. The molecule has 36 heavy (non-hydrogen) atoms. The fourth-order valence-corrected chi connectivity index (χ4v) is 8.10. The van der Waals surface area contributed by atoms with Crippen LogP contribution in [0, 0.1) is 6.92 Å². The molecule has 0 aliphatic heterocycles. The van der Waals surface area contributed by atoms with Crippen LogP contribution in [0.4, 0.5) is 0 Å². The number of hydrogen-bond donors (Lipinski definition) is 3. The smallest absolute Gasteiger partial charge is 0.307 e. The van der Waals surface area contributed by atoms with Crippen molar-refractivity contribution >= 4 is 40.0 Å². The number of carboxylic acids is 1. The fourth-order valence-electron chi connectivity index (χ4n) is 4.30. The molecule has 4 nitrogen and oxygen atoms in total. The summed E-state index contributed by atoms with van der Waals surface area (Å²) in [6.45, 7) is 2.03. The lowest BCUT2D eigenvalue weighted by atomic mass is 10.0. The number of hydrogen-bond acceptors (Lipinski definition) is 6. The molecule has 0 saturated carbocycles. The summed E-state index contributed by atoms with van der Waals surface area (Å²) in [6, 6.07) is 23.9. The van der Waals surface area contributed by atoms with E-state index in [9.17, 15) is 20.1 Å². The van der Waals surface area contributed by atoms with E-state index in [1.807, 2.05) is 54.6 Å². The molecule has 0 aliphatic carbocycles. The number of aliphatic hydroxyl groups is 2. The summed E-state index contributed by atoms with van der Waals surface area (Å²) in [5.74, 6) is -0.867. The van der Waals surface area contributed by atoms with Crippen LogP contribution in [0.5, 0.6) is 0 Å². The van der Waals surface area contributed by atoms with Crippen molar-refractivity contribution in [2.45, 2.75) is 26.6 Å². The Morgan fingerprint density at radius 3 is 1.78 bits per heavy atom. The van der Waals surface area contributed by atoms with Crippen molar-refractivity contribution in [1.82, 2.24) is 0 Å². The van der Waals surface area contributed by atoms with Crippen LogP contribution in [-0.4, -0.2) is 21.3 Å².